The molecule has 2 fully saturated rings. The summed E-state index contributed by atoms with van der Waals surface area (Å²) in [6, 6.07) is 3.98. The number of hydrogen-bond acceptors (Lipinski definition) is 3. The number of rotatable bonds is 5. The van der Waals surface area contributed by atoms with Gasteiger partial charge in [0, 0.05) is 38.0 Å². The van der Waals surface area contributed by atoms with Gasteiger partial charge in [0.25, 0.3) is 0 Å². The zero-order valence-corrected chi connectivity index (χ0v) is 13.4. The van der Waals surface area contributed by atoms with E-state index in [9.17, 15) is 4.79 Å². The van der Waals surface area contributed by atoms with Crippen LogP contribution in [0.25, 0.3) is 0 Å². The number of nitrogens with zero attached hydrogens (tertiary/aromatic N) is 2. The molecule has 4 atom stereocenters. The van der Waals surface area contributed by atoms with Crippen molar-refractivity contribution in [1.29, 1.82) is 0 Å². The normalized spacial score (nSPS) is 31.7. The van der Waals surface area contributed by atoms with Crippen molar-refractivity contribution >= 4 is 5.91 Å². The van der Waals surface area contributed by atoms with Crippen LogP contribution in [0.4, 0.5) is 0 Å². The van der Waals surface area contributed by atoms with Crippen molar-refractivity contribution < 1.29 is 9.53 Å². The van der Waals surface area contributed by atoms with Gasteiger partial charge in [0.1, 0.15) is 0 Å². The fraction of sp³-hybridized carbons (Fsp3) is 0.579. The van der Waals surface area contributed by atoms with E-state index in [-0.39, 0.29) is 12.0 Å². The van der Waals surface area contributed by atoms with Crippen molar-refractivity contribution in [2.75, 3.05) is 13.2 Å². The Bertz CT molecular complexity index is 580. The molecule has 23 heavy (non-hydrogen) atoms. The van der Waals surface area contributed by atoms with Gasteiger partial charge in [-0.05, 0) is 49.1 Å². The van der Waals surface area contributed by atoms with Crippen LogP contribution >= 0.6 is 0 Å². The van der Waals surface area contributed by atoms with Crippen LogP contribution in [-0.2, 0) is 16.1 Å². The van der Waals surface area contributed by atoms with Gasteiger partial charge in [-0.25, -0.2) is 0 Å². The van der Waals surface area contributed by atoms with Gasteiger partial charge >= 0.3 is 0 Å². The predicted molar refractivity (Wildman–Crippen MR) is 87.5 cm³/mol. The van der Waals surface area contributed by atoms with Gasteiger partial charge in [0.05, 0.1) is 6.10 Å². The minimum absolute atomic E-state index is 0.170. The molecule has 0 aromatic carbocycles. The smallest absolute Gasteiger partial charge is 0.226 e. The van der Waals surface area contributed by atoms with E-state index in [1.165, 1.54) is 0 Å². The largest absolute Gasteiger partial charge is 0.376 e. The molecule has 2 heterocycles. The average Bonchev–Trinajstić information content (AvgIpc) is 3.32. The molecule has 4 rings (SSSR count). The number of fused-ring (bicyclic) bond motifs is 2. The van der Waals surface area contributed by atoms with Crippen molar-refractivity contribution in [3.63, 3.8) is 0 Å². The molecule has 1 saturated heterocycles. The third-order valence-electron chi connectivity index (χ3n) is 5.45. The lowest BCUT2D eigenvalue weighted by molar-refractivity contribution is -0.138. The van der Waals surface area contributed by atoms with Crippen molar-refractivity contribution in [2.24, 2.45) is 17.8 Å². The Morgan fingerprint density at radius 1 is 1.35 bits per heavy atom. The van der Waals surface area contributed by atoms with Crippen LogP contribution in [0.1, 0.15) is 31.2 Å². The van der Waals surface area contributed by atoms with Crippen LogP contribution in [-0.4, -0.2) is 35.0 Å². The standard InChI is InChI=1S/C19H24N2O2/c22-19(18-10-14-5-6-16(18)9-14)21(13-17-4-2-8-23-17)12-15-3-1-7-20-11-15/h1,3,5-7,11,14,16-18H,2,4,8-10,12-13H2/t14-,16-,17+,18-/m0/s1. The first-order valence-electron chi connectivity index (χ1n) is 8.77. The van der Waals surface area contributed by atoms with Gasteiger partial charge < -0.3 is 9.64 Å². The second kappa shape index (κ2) is 6.44. The summed E-state index contributed by atoms with van der Waals surface area (Å²) in [5, 5.41) is 0. The maximum atomic E-state index is 13.1. The molecule has 3 aliphatic rings. The van der Waals surface area contributed by atoms with E-state index in [2.05, 4.69) is 17.1 Å². The Hall–Kier alpha value is -1.68. The summed E-state index contributed by atoms with van der Waals surface area (Å²) in [7, 11) is 0. The number of pyridine rings is 1. The maximum absolute atomic E-state index is 13.1. The van der Waals surface area contributed by atoms with Crippen LogP contribution in [0, 0.1) is 17.8 Å². The first-order valence-corrected chi connectivity index (χ1v) is 8.77. The van der Waals surface area contributed by atoms with Crippen molar-refractivity contribution in [2.45, 2.75) is 38.3 Å². The molecule has 4 nitrogen and oxygen atoms in total. The molecule has 2 bridgehead atoms. The Morgan fingerprint density at radius 3 is 2.96 bits per heavy atom. The number of ether oxygens (including phenoxy) is 1. The second-order valence-electron chi connectivity index (χ2n) is 7.10. The topological polar surface area (TPSA) is 42.4 Å². The molecule has 0 N–H and O–H groups in total. The molecule has 0 unspecified atom stereocenters. The van der Waals surface area contributed by atoms with Gasteiger partial charge in [0.15, 0.2) is 0 Å². The molecule has 4 heteroatoms. The van der Waals surface area contributed by atoms with Crippen LogP contribution < -0.4 is 0 Å². The highest BCUT2D eigenvalue weighted by molar-refractivity contribution is 5.80. The van der Waals surface area contributed by atoms with Crippen molar-refractivity contribution in [3.8, 4) is 0 Å². The monoisotopic (exact) mass is 312 g/mol. The van der Waals surface area contributed by atoms with E-state index in [0.717, 1.165) is 37.9 Å². The minimum Gasteiger partial charge on any atom is -0.376 e. The quantitative estimate of drug-likeness (QED) is 0.785. The Labute approximate surface area is 137 Å². The number of carbonyl (C=O) groups is 1. The number of amides is 1. The van der Waals surface area contributed by atoms with Crippen molar-refractivity contribution in [1.82, 2.24) is 9.88 Å². The fourth-order valence-electron chi connectivity index (χ4n) is 4.28. The maximum Gasteiger partial charge on any atom is 0.226 e. The number of hydrogen-bond donors (Lipinski definition) is 0. The van der Waals surface area contributed by atoms with Crippen LogP contribution in [0.2, 0.25) is 0 Å². The van der Waals surface area contributed by atoms with Crippen molar-refractivity contribution in [3.05, 3.63) is 42.2 Å². The van der Waals surface area contributed by atoms with E-state index in [1.807, 2.05) is 23.2 Å². The zero-order chi connectivity index (χ0) is 15.6. The Morgan fingerprint density at radius 2 is 2.30 bits per heavy atom. The van der Waals surface area contributed by atoms with E-state index in [1.54, 1.807) is 6.20 Å². The highest BCUT2D eigenvalue weighted by Gasteiger charge is 2.41. The highest BCUT2D eigenvalue weighted by Crippen LogP contribution is 2.44. The molecular weight excluding hydrogens is 288 g/mol. The molecular formula is C19H24N2O2. The first-order chi connectivity index (χ1) is 11.3. The molecule has 1 aliphatic heterocycles. The van der Waals surface area contributed by atoms with E-state index in [4.69, 9.17) is 4.74 Å². The SMILES string of the molecule is O=C([C@H]1C[C@H]2C=C[C@H]1C2)N(Cc1cccnc1)C[C@H]1CCCO1. The summed E-state index contributed by atoms with van der Waals surface area (Å²) >= 11 is 0. The van der Waals surface area contributed by atoms with E-state index >= 15 is 0 Å². The van der Waals surface area contributed by atoms with E-state index in [0.29, 0.717) is 30.8 Å². The molecule has 1 amide bonds. The van der Waals surface area contributed by atoms with Gasteiger partial charge in [0.2, 0.25) is 5.91 Å². The fourth-order valence-corrected chi connectivity index (χ4v) is 4.28. The number of aromatic nitrogens is 1. The zero-order valence-electron chi connectivity index (χ0n) is 13.4. The van der Waals surface area contributed by atoms with Gasteiger partial charge in [-0.15, -0.1) is 0 Å². The van der Waals surface area contributed by atoms with Crippen LogP contribution in [0.15, 0.2) is 36.7 Å². The highest BCUT2D eigenvalue weighted by atomic mass is 16.5. The average molecular weight is 312 g/mol. The predicted octanol–water partition coefficient (Wildman–Crippen LogP) is 2.80. The molecule has 1 aromatic heterocycles. The second-order valence-corrected chi connectivity index (χ2v) is 7.10. The summed E-state index contributed by atoms with van der Waals surface area (Å²) in [5.41, 5.74) is 1.09. The molecule has 1 aromatic rings. The molecule has 0 radical (unpaired) electrons. The summed E-state index contributed by atoms with van der Waals surface area (Å²) in [6.45, 7) is 2.19. The molecule has 1 saturated carbocycles. The Balaban J connectivity index is 1.49. The lowest BCUT2D eigenvalue weighted by Gasteiger charge is -2.30. The van der Waals surface area contributed by atoms with Gasteiger partial charge in [-0.3, -0.25) is 9.78 Å². The lowest BCUT2D eigenvalue weighted by Crippen LogP contribution is -2.41. The summed E-state index contributed by atoms with van der Waals surface area (Å²) < 4.78 is 5.77. The third-order valence-corrected chi connectivity index (χ3v) is 5.45. The van der Waals surface area contributed by atoms with Crippen LogP contribution in [0.3, 0.4) is 0 Å². The molecule has 2 aliphatic carbocycles. The molecule has 122 valence electrons. The summed E-state index contributed by atoms with van der Waals surface area (Å²) in [4.78, 5) is 19.3. The van der Waals surface area contributed by atoms with Gasteiger partial charge in [-0.1, -0.05) is 18.2 Å². The number of allylic oxidation sites excluding steroid dienone is 2. The lowest BCUT2D eigenvalue weighted by atomic mass is 9.92. The minimum atomic E-state index is 0.170. The number of carbonyl (C=O) groups excluding carboxylic acids is 1. The summed E-state index contributed by atoms with van der Waals surface area (Å²) in [5.74, 6) is 1.55. The van der Waals surface area contributed by atoms with Gasteiger partial charge in [-0.2, -0.15) is 0 Å². The van der Waals surface area contributed by atoms with Crippen LogP contribution in [0.5, 0.6) is 0 Å². The first kappa shape index (κ1) is 14.9. The Kier molecular flexibility index (Phi) is 4.17. The summed E-state index contributed by atoms with van der Waals surface area (Å²) in [6.07, 6.45) is 12.7. The van der Waals surface area contributed by atoms with E-state index < -0.39 is 0 Å². The third kappa shape index (κ3) is 3.18. The molecule has 0 spiro atoms.